The lowest BCUT2D eigenvalue weighted by Crippen LogP contribution is -2.59. The van der Waals surface area contributed by atoms with Crippen LogP contribution in [0.1, 0.15) is 122 Å². The van der Waals surface area contributed by atoms with Crippen LogP contribution in [-0.4, -0.2) is 225 Å². The van der Waals surface area contributed by atoms with Gasteiger partial charge in [-0.15, -0.1) is 0 Å². The molecular weight excluding hydrogens is 1110 g/mol. The fourth-order valence-corrected chi connectivity index (χ4v) is 12.5. The molecule has 5 saturated heterocycles. The molecule has 0 saturated carbocycles. The Balaban J connectivity index is 1.04. The van der Waals surface area contributed by atoms with Gasteiger partial charge < -0.3 is 107 Å². The number of phenols is 2. The number of hydrogen-bond donors (Lipinski definition) is 8. The van der Waals surface area contributed by atoms with Crippen molar-refractivity contribution in [2.75, 3.05) is 14.2 Å². The first kappa shape index (κ1) is 65.7. The number of carbonyl (C=O) groups is 4. The zero-order valence-electron chi connectivity index (χ0n) is 49.4. The van der Waals surface area contributed by atoms with Gasteiger partial charge in [0.25, 0.3) is 0 Å². The number of aliphatic hydroxyl groups excluding tert-OH is 5. The summed E-state index contributed by atoms with van der Waals surface area (Å²) in [5, 5.41) is 90.3. The van der Waals surface area contributed by atoms with Gasteiger partial charge in [-0.25, -0.2) is 0 Å². The molecule has 25 unspecified atom stereocenters. The summed E-state index contributed by atoms with van der Waals surface area (Å²) >= 11 is 0. The highest BCUT2D eigenvalue weighted by Crippen LogP contribution is 2.48. The van der Waals surface area contributed by atoms with E-state index in [2.05, 4.69) is 0 Å². The van der Waals surface area contributed by atoms with Crippen LogP contribution >= 0.6 is 0 Å². The largest absolute Gasteiger partial charge is 0.507 e. The van der Waals surface area contributed by atoms with Crippen molar-refractivity contribution in [1.82, 2.24) is 0 Å². The predicted molar refractivity (Wildman–Crippen MR) is 287 cm³/mol. The maximum atomic E-state index is 15.2. The number of benzene rings is 2. The van der Waals surface area contributed by atoms with Crippen LogP contribution in [0.4, 0.5) is 0 Å². The number of esters is 2. The number of phenolic OH excluding ortho intramolecular Hbond substituents is 2. The molecule has 5 fully saturated rings. The number of methoxy groups -OCH3 is 2. The number of hydrogen-bond acceptors (Lipinski definition) is 26. The van der Waals surface area contributed by atoms with Gasteiger partial charge in [0.2, 0.25) is 6.29 Å². The minimum absolute atomic E-state index is 0.0251. The number of aliphatic hydroxyl groups is 6. The third-order valence-corrected chi connectivity index (χ3v) is 16.9. The smallest absolute Gasteiger partial charge is 0.305 e. The molecule has 1 aliphatic carbocycles. The van der Waals surface area contributed by atoms with Crippen molar-refractivity contribution in [3.05, 3.63) is 28.8 Å². The third-order valence-electron chi connectivity index (χ3n) is 16.9. The highest BCUT2D eigenvalue weighted by molar-refractivity contribution is 6.11. The Kier molecular flexibility index (Phi) is 21.1. The van der Waals surface area contributed by atoms with Gasteiger partial charge in [-0.3, -0.25) is 19.2 Å². The molecule has 0 spiro atoms. The van der Waals surface area contributed by atoms with Gasteiger partial charge in [-0.1, -0.05) is 6.92 Å². The van der Waals surface area contributed by atoms with Crippen molar-refractivity contribution in [2.24, 2.45) is 5.92 Å². The van der Waals surface area contributed by atoms with Gasteiger partial charge in [0.15, 0.2) is 48.9 Å². The van der Waals surface area contributed by atoms with Gasteiger partial charge in [0.1, 0.15) is 65.6 Å². The summed E-state index contributed by atoms with van der Waals surface area (Å²) in [5.41, 5.74) is -1.51. The molecule has 0 aromatic heterocycles. The lowest BCUT2D eigenvalue weighted by atomic mass is 9.75. The van der Waals surface area contributed by atoms with Crippen molar-refractivity contribution >= 4 is 34.3 Å². The van der Waals surface area contributed by atoms with E-state index in [1.165, 1.54) is 61.0 Å². The Morgan fingerprint density at radius 3 is 1.85 bits per heavy atom. The molecule has 26 heteroatoms. The van der Waals surface area contributed by atoms with Crippen LogP contribution in [0.2, 0.25) is 0 Å². The Morgan fingerprint density at radius 1 is 0.726 bits per heavy atom. The first-order valence-corrected chi connectivity index (χ1v) is 28.8. The Hall–Kier alpha value is -4.30. The monoisotopic (exact) mass is 1200 g/mol. The summed E-state index contributed by atoms with van der Waals surface area (Å²) in [6.07, 6.45) is -25.8. The fraction of sp³-hybridized carbons (Fsp3) is 0.759. The Bertz CT molecular complexity index is 2640. The molecule has 5 heterocycles. The summed E-state index contributed by atoms with van der Waals surface area (Å²) in [5.74, 6) is -5.23. The second-order valence-electron chi connectivity index (χ2n) is 23.3. The molecule has 8 rings (SSSR count). The van der Waals surface area contributed by atoms with Crippen LogP contribution in [0.25, 0.3) is 10.8 Å². The van der Waals surface area contributed by atoms with E-state index >= 15 is 4.79 Å². The average Bonchev–Trinajstić information content (AvgIpc) is 3.55. The van der Waals surface area contributed by atoms with Crippen LogP contribution in [0.15, 0.2) is 12.1 Å². The predicted octanol–water partition coefficient (Wildman–Crippen LogP) is 1.94. The SMILES string of the molecule is CCC(=O)OC1C(C)OC(OC2CC(OC3CC(OC4C(=O)c5c(cc6cc(OC7CC(OC8CC(O)C(OC)C(C)O8)C(OC(C)=O)C(C)O7)c(C)c(O)c6c5O)CC4C(OC)C(=O)C(O)C(C)O)OC(C)C3O)OC(C)C2O)CC1(C)O. The van der Waals surface area contributed by atoms with Crippen molar-refractivity contribution in [3.63, 3.8) is 0 Å². The van der Waals surface area contributed by atoms with Crippen LogP contribution in [0, 0.1) is 12.8 Å². The van der Waals surface area contributed by atoms with Gasteiger partial charge in [0.05, 0.1) is 65.9 Å². The van der Waals surface area contributed by atoms with Gasteiger partial charge >= 0.3 is 11.9 Å². The molecule has 2 aromatic carbocycles. The highest BCUT2D eigenvalue weighted by Gasteiger charge is 2.53. The number of ketones is 2. The number of ether oxygens (including phenoxy) is 14. The first-order chi connectivity index (χ1) is 39.5. The van der Waals surface area contributed by atoms with E-state index in [0.29, 0.717) is 0 Å². The molecule has 25 atom stereocenters. The summed E-state index contributed by atoms with van der Waals surface area (Å²) in [6.45, 7) is 15.3. The van der Waals surface area contributed by atoms with Crippen LogP contribution in [-0.2, 0) is 82.4 Å². The van der Waals surface area contributed by atoms with E-state index in [1.807, 2.05) is 0 Å². The molecule has 26 nitrogen and oxygen atoms in total. The maximum Gasteiger partial charge on any atom is 0.305 e. The van der Waals surface area contributed by atoms with E-state index in [9.17, 15) is 55.2 Å². The highest BCUT2D eigenvalue weighted by atomic mass is 16.7. The molecule has 5 aliphatic heterocycles. The molecule has 2 aromatic rings. The lowest BCUT2D eigenvalue weighted by Gasteiger charge is -2.46. The first-order valence-electron chi connectivity index (χ1n) is 28.8. The standard InChI is InChI=1S/C58H84O26/c1-13-38(62)83-57-28(8)77-43(21-58(57,10)70)81-36-18-40(73-24(4)49(36)66)80-35-19-42(74-25(5)48(35)65)84-56-32(55(72-12)52(69)47(64)23(3)59)15-30-14-31-16-34(22(2)46(63)44(31)50(67)45(30)51(56)68)79-41-20-37(54(27(7)76-41)78-29(9)60)82-39-17-33(61)53(71-11)26(6)75-39/h14,16,23-28,32-33,35-37,39-43,47-49,53-57,59,61,63-67,70H,13,15,17-21H2,1-12H3. The van der Waals surface area contributed by atoms with E-state index < -0.39 is 188 Å². The number of fused-ring (bicyclic) bond motifs is 2. The number of rotatable bonds is 19. The van der Waals surface area contributed by atoms with Crippen molar-refractivity contribution < 1.29 is 126 Å². The zero-order chi connectivity index (χ0) is 61.5. The van der Waals surface area contributed by atoms with E-state index in [-0.39, 0.29) is 78.2 Å². The molecule has 84 heavy (non-hydrogen) atoms. The van der Waals surface area contributed by atoms with Crippen molar-refractivity contribution in [1.29, 1.82) is 0 Å². The number of aromatic hydroxyl groups is 2. The van der Waals surface area contributed by atoms with Crippen molar-refractivity contribution in [3.8, 4) is 17.2 Å². The second-order valence-corrected chi connectivity index (χ2v) is 23.3. The number of Topliss-reactive ketones (excluding diaryl/α,β-unsaturated/α-hetero) is 2. The summed E-state index contributed by atoms with van der Waals surface area (Å²) in [7, 11) is 2.65. The van der Waals surface area contributed by atoms with E-state index in [0.717, 1.165) is 0 Å². The van der Waals surface area contributed by atoms with Crippen LogP contribution in [0.3, 0.4) is 0 Å². The number of carbonyl (C=O) groups excluding carboxylic acids is 4. The molecule has 0 amide bonds. The average molecular weight is 1200 g/mol. The molecule has 8 N–H and O–H groups in total. The van der Waals surface area contributed by atoms with Gasteiger partial charge in [0, 0.05) is 71.1 Å². The van der Waals surface area contributed by atoms with Crippen molar-refractivity contribution in [2.45, 2.75) is 261 Å². The zero-order valence-corrected chi connectivity index (χ0v) is 49.4. The second kappa shape index (κ2) is 27.0. The van der Waals surface area contributed by atoms with Crippen LogP contribution < -0.4 is 4.74 Å². The fourth-order valence-electron chi connectivity index (χ4n) is 12.5. The Morgan fingerprint density at radius 2 is 1.27 bits per heavy atom. The maximum absolute atomic E-state index is 15.2. The Labute approximate surface area is 486 Å². The minimum atomic E-state index is -1.96. The lowest BCUT2D eigenvalue weighted by molar-refractivity contribution is -0.334. The molecule has 6 aliphatic rings. The summed E-state index contributed by atoms with van der Waals surface area (Å²) < 4.78 is 84.5. The summed E-state index contributed by atoms with van der Waals surface area (Å²) in [6, 6.07) is 3.04. The molecule has 0 bridgehead atoms. The summed E-state index contributed by atoms with van der Waals surface area (Å²) in [4.78, 5) is 53.6. The molecule has 472 valence electrons. The topological polar surface area (TPSA) is 359 Å². The van der Waals surface area contributed by atoms with E-state index in [1.54, 1.807) is 34.6 Å². The molecule has 0 radical (unpaired) electrons. The minimum Gasteiger partial charge on any atom is -0.507 e. The van der Waals surface area contributed by atoms with E-state index in [4.69, 9.17) is 66.3 Å². The van der Waals surface area contributed by atoms with Gasteiger partial charge in [-0.2, -0.15) is 0 Å². The quantitative estimate of drug-likeness (QED) is 0.0932. The van der Waals surface area contributed by atoms with Crippen LogP contribution in [0.5, 0.6) is 17.2 Å². The molecular formula is C58H84O26. The van der Waals surface area contributed by atoms with Gasteiger partial charge in [-0.05, 0) is 84.9 Å². The third kappa shape index (κ3) is 14.0. The normalized spacial score (nSPS) is 39.4.